The van der Waals surface area contributed by atoms with Crippen molar-refractivity contribution in [3.05, 3.63) is 22.4 Å². The van der Waals surface area contributed by atoms with Crippen molar-refractivity contribution in [2.24, 2.45) is 0 Å². The predicted molar refractivity (Wildman–Crippen MR) is 69.6 cm³/mol. The Bertz CT molecular complexity index is 246. The Kier molecular flexibility index (Phi) is 5.34. The van der Waals surface area contributed by atoms with Gasteiger partial charge in [-0.1, -0.05) is 6.42 Å². The Morgan fingerprint density at radius 2 is 2.00 bits per heavy atom. The van der Waals surface area contributed by atoms with Crippen LogP contribution in [0.25, 0.3) is 0 Å². The van der Waals surface area contributed by atoms with Crippen LogP contribution < -0.4 is 5.32 Å². The highest BCUT2D eigenvalue weighted by atomic mass is 32.1. The highest BCUT2D eigenvalue weighted by molar-refractivity contribution is 7.07. The predicted octanol–water partition coefficient (Wildman–Crippen LogP) is 3.85. The van der Waals surface area contributed by atoms with E-state index >= 15 is 0 Å². The van der Waals surface area contributed by atoms with Crippen LogP contribution in [0.15, 0.2) is 16.8 Å². The molecule has 15 heavy (non-hydrogen) atoms. The van der Waals surface area contributed by atoms with Gasteiger partial charge in [-0.05, 0) is 69.0 Å². The van der Waals surface area contributed by atoms with Crippen molar-refractivity contribution in [1.82, 2.24) is 5.32 Å². The van der Waals surface area contributed by atoms with Crippen LogP contribution in [0.4, 0.5) is 0 Å². The molecule has 1 aromatic rings. The number of aryl methyl sites for hydroxylation is 1. The molecular weight excluding hydrogens is 202 g/mol. The molecule has 86 valence electrons. The first-order valence-corrected chi connectivity index (χ1v) is 6.78. The minimum absolute atomic E-state index is 0.271. The first-order valence-electron chi connectivity index (χ1n) is 5.84. The molecule has 0 fully saturated rings. The van der Waals surface area contributed by atoms with Crippen molar-refractivity contribution in [2.45, 2.75) is 52.0 Å². The first-order chi connectivity index (χ1) is 7.08. The molecule has 0 saturated heterocycles. The van der Waals surface area contributed by atoms with Gasteiger partial charge in [-0.25, -0.2) is 0 Å². The Morgan fingerprint density at radius 3 is 2.60 bits per heavy atom. The topological polar surface area (TPSA) is 12.0 Å². The standard InChI is InChI=1S/C13H23NS/c1-13(2,3)14-9-6-4-5-7-12-8-10-15-11-12/h8,10-11,14H,4-7,9H2,1-3H3. The SMILES string of the molecule is CC(C)(C)NCCCCCc1ccsc1. The summed E-state index contributed by atoms with van der Waals surface area (Å²) in [6.45, 7) is 7.81. The molecular formula is C13H23NS. The van der Waals surface area contributed by atoms with E-state index in [2.05, 4.69) is 42.9 Å². The molecule has 0 unspecified atom stereocenters. The second-order valence-corrected chi connectivity index (χ2v) is 5.90. The highest BCUT2D eigenvalue weighted by Gasteiger charge is 2.06. The van der Waals surface area contributed by atoms with E-state index in [0.717, 1.165) is 6.54 Å². The summed E-state index contributed by atoms with van der Waals surface area (Å²) >= 11 is 1.80. The molecule has 1 nitrogen and oxygen atoms in total. The average Bonchev–Trinajstić information content (AvgIpc) is 2.61. The zero-order chi connectivity index (χ0) is 11.1. The zero-order valence-corrected chi connectivity index (χ0v) is 11.0. The quantitative estimate of drug-likeness (QED) is 0.725. The minimum atomic E-state index is 0.271. The molecule has 0 amide bonds. The summed E-state index contributed by atoms with van der Waals surface area (Å²) < 4.78 is 0. The fourth-order valence-electron chi connectivity index (χ4n) is 1.53. The van der Waals surface area contributed by atoms with Gasteiger partial charge in [-0.15, -0.1) is 0 Å². The van der Waals surface area contributed by atoms with Crippen molar-refractivity contribution in [3.63, 3.8) is 0 Å². The molecule has 1 aromatic heterocycles. The second-order valence-electron chi connectivity index (χ2n) is 5.12. The van der Waals surface area contributed by atoms with Crippen LogP contribution in [-0.2, 0) is 6.42 Å². The van der Waals surface area contributed by atoms with E-state index in [9.17, 15) is 0 Å². The molecule has 0 atom stereocenters. The molecule has 1 heterocycles. The van der Waals surface area contributed by atoms with Crippen LogP contribution in [-0.4, -0.2) is 12.1 Å². The molecule has 0 spiro atoms. The third-order valence-electron chi connectivity index (χ3n) is 2.38. The van der Waals surface area contributed by atoms with Gasteiger partial charge in [0.25, 0.3) is 0 Å². The number of rotatable bonds is 6. The molecule has 0 bridgehead atoms. The smallest absolute Gasteiger partial charge is 0.00965 e. The molecule has 0 aliphatic heterocycles. The van der Waals surface area contributed by atoms with Crippen molar-refractivity contribution >= 4 is 11.3 Å². The van der Waals surface area contributed by atoms with Gasteiger partial charge in [0.1, 0.15) is 0 Å². The molecule has 0 aromatic carbocycles. The molecule has 0 aliphatic carbocycles. The van der Waals surface area contributed by atoms with Crippen molar-refractivity contribution in [2.75, 3.05) is 6.54 Å². The summed E-state index contributed by atoms with van der Waals surface area (Å²) in [4.78, 5) is 0. The molecule has 1 rings (SSSR count). The van der Waals surface area contributed by atoms with E-state index in [0.29, 0.717) is 0 Å². The number of thiophene rings is 1. The van der Waals surface area contributed by atoms with Gasteiger partial charge in [0.15, 0.2) is 0 Å². The van der Waals surface area contributed by atoms with Crippen LogP contribution in [0, 0.1) is 0 Å². The van der Waals surface area contributed by atoms with E-state index in [4.69, 9.17) is 0 Å². The van der Waals surface area contributed by atoms with Gasteiger partial charge in [0, 0.05) is 5.54 Å². The maximum absolute atomic E-state index is 3.52. The van der Waals surface area contributed by atoms with E-state index in [1.165, 1.54) is 31.2 Å². The van der Waals surface area contributed by atoms with E-state index in [1.54, 1.807) is 11.3 Å². The zero-order valence-electron chi connectivity index (χ0n) is 10.2. The maximum atomic E-state index is 3.52. The van der Waals surface area contributed by atoms with Gasteiger partial charge in [0.05, 0.1) is 0 Å². The normalized spacial score (nSPS) is 11.9. The van der Waals surface area contributed by atoms with E-state index in [-0.39, 0.29) is 5.54 Å². The lowest BCUT2D eigenvalue weighted by atomic mass is 10.1. The molecule has 0 aliphatic rings. The van der Waals surface area contributed by atoms with Gasteiger partial charge in [-0.3, -0.25) is 0 Å². The number of nitrogens with one attached hydrogen (secondary N) is 1. The monoisotopic (exact) mass is 225 g/mol. The van der Waals surface area contributed by atoms with Crippen LogP contribution in [0.1, 0.15) is 45.6 Å². The molecule has 2 heteroatoms. The summed E-state index contributed by atoms with van der Waals surface area (Å²) in [5.41, 5.74) is 1.77. The van der Waals surface area contributed by atoms with Crippen molar-refractivity contribution < 1.29 is 0 Å². The van der Waals surface area contributed by atoms with Crippen LogP contribution in [0.2, 0.25) is 0 Å². The molecule has 0 saturated carbocycles. The third kappa shape index (κ3) is 6.69. The van der Waals surface area contributed by atoms with Crippen molar-refractivity contribution in [1.29, 1.82) is 0 Å². The van der Waals surface area contributed by atoms with E-state index < -0.39 is 0 Å². The summed E-state index contributed by atoms with van der Waals surface area (Å²) in [7, 11) is 0. The number of hydrogen-bond acceptors (Lipinski definition) is 2. The number of unbranched alkanes of at least 4 members (excludes halogenated alkanes) is 2. The lowest BCUT2D eigenvalue weighted by Crippen LogP contribution is -2.36. The third-order valence-corrected chi connectivity index (χ3v) is 3.11. The van der Waals surface area contributed by atoms with Gasteiger partial charge < -0.3 is 5.32 Å². The van der Waals surface area contributed by atoms with Gasteiger partial charge >= 0.3 is 0 Å². The van der Waals surface area contributed by atoms with Crippen molar-refractivity contribution in [3.8, 4) is 0 Å². The largest absolute Gasteiger partial charge is 0.312 e. The maximum Gasteiger partial charge on any atom is 0.00965 e. The van der Waals surface area contributed by atoms with Gasteiger partial charge in [-0.2, -0.15) is 11.3 Å². The van der Waals surface area contributed by atoms with E-state index in [1.807, 2.05) is 0 Å². The summed E-state index contributed by atoms with van der Waals surface area (Å²) in [5.74, 6) is 0. The Labute approximate surface area is 97.9 Å². The fraction of sp³-hybridized carbons (Fsp3) is 0.692. The molecule has 1 N–H and O–H groups in total. The highest BCUT2D eigenvalue weighted by Crippen LogP contribution is 2.10. The lowest BCUT2D eigenvalue weighted by molar-refractivity contribution is 0.417. The Morgan fingerprint density at radius 1 is 1.20 bits per heavy atom. The Balaban J connectivity index is 1.94. The van der Waals surface area contributed by atoms with Gasteiger partial charge in [0.2, 0.25) is 0 Å². The summed E-state index contributed by atoms with van der Waals surface area (Å²) in [6.07, 6.45) is 5.20. The van der Waals surface area contributed by atoms with Crippen LogP contribution in [0.5, 0.6) is 0 Å². The second kappa shape index (κ2) is 6.29. The Hall–Kier alpha value is -0.340. The van der Waals surface area contributed by atoms with Crippen LogP contribution >= 0.6 is 11.3 Å². The van der Waals surface area contributed by atoms with Crippen LogP contribution in [0.3, 0.4) is 0 Å². The summed E-state index contributed by atoms with van der Waals surface area (Å²) in [6, 6.07) is 2.23. The first kappa shape index (κ1) is 12.7. The summed E-state index contributed by atoms with van der Waals surface area (Å²) in [5, 5.41) is 7.94. The fourth-order valence-corrected chi connectivity index (χ4v) is 2.23. The minimum Gasteiger partial charge on any atom is -0.312 e. The molecule has 0 radical (unpaired) electrons. The number of hydrogen-bond donors (Lipinski definition) is 1. The lowest BCUT2D eigenvalue weighted by Gasteiger charge is -2.20. The average molecular weight is 225 g/mol.